The fourth-order valence-electron chi connectivity index (χ4n) is 3.25. The molecule has 136 valence electrons. The molecular weight excluding hydrogens is 343 g/mol. The van der Waals surface area contributed by atoms with Crippen LogP contribution in [0.2, 0.25) is 0 Å². The van der Waals surface area contributed by atoms with Gasteiger partial charge in [0.1, 0.15) is 17.3 Å². The zero-order valence-corrected chi connectivity index (χ0v) is 14.9. The molecule has 0 aliphatic rings. The van der Waals surface area contributed by atoms with Crippen molar-refractivity contribution in [1.29, 1.82) is 0 Å². The Morgan fingerprint density at radius 3 is 2.70 bits per heavy atom. The van der Waals surface area contributed by atoms with Crippen molar-refractivity contribution >= 4 is 16.7 Å². The van der Waals surface area contributed by atoms with Crippen LogP contribution in [0.5, 0.6) is 0 Å². The van der Waals surface area contributed by atoms with Gasteiger partial charge in [-0.2, -0.15) is 10.2 Å². The number of ketones is 1. The second kappa shape index (κ2) is 7.15. The molecule has 2 aromatic carbocycles. The summed E-state index contributed by atoms with van der Waals surface area (Å²) in [6.45, 7) is 0. The van der Waals surface area contributed by atoms with E-state index in [1.165, 1.54) is 12.1 Å². The van der Waals surface area contributed by atoms with Crippen LogP contribution < -0.4 is 0 Å². The van der Waals surface area contributed by atoms with Gasteiger partial charge in [0.2, 0.25) is 0 Å². The standard InChI is InChI=1S/C21H19FN4O/c1-26-20-9-7-17(22)11-19(20)21(25-26)16-5-2-14(3-6-16)10-18(27)8-4-15-12-23-24-13-15/h2-3,5-7,9,11-13H,4,8,10H2,1H3,(H,23,24). The van der Waals surface area contributed by atoms with Gasteiger partial charge in [-0.15, -0.1) is 0 Å². The molecule has 2 aromatic heterocycles. The molecular formula is C21H19FN4O. The zero-order valence-electron chi connectivity index (χ0n) is 14.9. The first kappa shape index (κ1) is 17.1. The van der Waals surface area contributed by atoms with Crippen LogP contribution in [0.3, 0.4) is 0 Å². The highest BCUT2D eigenvalue weighted by Crippen LogP contribution is 2.28. The lowest BCUT2D eigenvalue weighted by Crippen LogP contribution is -2.04. The molecule has 0 aliphatic heterocycles. The number of benzene rings is 2. The summed E-state index contributed by atoms with van der Waals surface area (Å²) < 4.78 is 15.4. The lowest BCUT2D eigenvalue weighted by atomic mass is 10.0. The number of carbonyl (C=O) groups excluding carboxylic acids is 1. The molecule has 0 fully saturated rings. The molecule has 0 saturated heterocycles. The van der Waals surface area contributed by atoms with E-state index in [2.05, 4.69) is 15.3 Å². The molecule has 5 nitrogen and oxygen atoms in total. The Morgan fingerprint density at radius 2 is 1.96 bits per heavy atom. The molecule has 2 heterocycles. The fourth-order valence-corrected chi connectivity index (χ4v) is 3.25. The number of nitrogens with one attached hydrogen (secondary N) is 1. The molecule has 0 unspecified atom stereocenters. The van der Waals surface area contributed by atoms with Crippen LogP contribution in [0.15, 0.2) is 54.9 Å². The maximum atomic E-state index is 13.6. The Labute approximate surface area is 155 Å². The van der Waals surface area contributed by atoms with Crippen molar-refractivity contribution in [2.45, 2.75) is 19.3 Å². The maximum Gasteiger partial charge on any atom is 0.137 e. The van der Waals surface area contributed by atoms with Crippen LogP contribution >= 0.6 is 0 Å². The number of aromatic amines is 1. The highest BCUT2D eigenvalue weighted by Gasteiger charge is 2.12. The maximum absolute atomic E-state index is 13.6. The molecule has 1 N–H and O–H groups in total. The molecule has 0 aliphatic carbocycles. The van der Waals surface area contributed by atoms with Crippen LogP contribution in [0.4, 0.5) is 4.39 Å². The number of fused-ring (bicyclic) bond motifs is 1. The summed E-state index contributed by atoms with van der Waals surface area (Å²) >= 11 is 0. The monoisotopic (exact) mass is 362 g/mol. The number of hydrogen-bond acceptors (Lipinski definition) is 3. The number of aromatic nitrogens is 4. The Bertz CT molecular complexity index is 1080. The van der Waals surface area contributed by atoms with Crippen LogP contribution in [0.25, 0.3) is 22.2 Å². The summed E-state index contributed by atoms with van der Waals surface area (Å²) in [7, 11) is 1.84. The lowest BCUT2D eigenvalue weighted by Gasteiger charge is -2.03. The number of H-pyrrole nitrogens is 1. The summed E-state index contributed by atoms with van der Waals surface area (Å²) in [5.74, 6) is -0.0918. The minimum atomic E-state index is -0.281. The highest BCUT2D eigenvalue weighted by atomic mass is 19.1. The summed E-state index contributed by atoms with van der Waals surface area (Å²) in [6, 6.07) is 12.4. The number of rotatable bonds is 6. The van der Waals surface area contributed by atoms with Gasteiger partial charge in [0.05, 0.1) is 11.7 Å². The molecule has 0 amide bonds. The number of Topliss-reactive ketones (excluding diaryl/α,β-unsaturated/α-hetero) is 1. The number of hydrogen-bond donors (Lipinski definition) is 1. The van der Waals surface area contributed by atoms with Gasteiger partial charge in [-0.3, -0.25) is 14.6 Å². The Hall–Kier alpha value is -3.28. The van der Waals surface area contributed by atoms with Gasteiger partial charge in [0.25, 0.3) is 0 Å². The van der Waals surface area contributed by atoms with Crippen molar-refractivity contribution in [3.05, 3.63) is 71.8 Å². The van der Waals surface area contributed by atoms with E-state index < -0.39 is 0 Å². The van der Waals surface area contributed by atoms with Gasteiger partial charge in [0.15, 0.2) is 0 Å². The summed E-state index contributed by atoms with van der Waals surface area (Å²) in [5, 5.41) is 11.9. The molecule has 4 rings (SSSR count). The summed E-state index contributed by atoms with van der Waals surface area (Å²) in [6.07, 6.45) is 5.13. The first-order chi connectivity index (χ1) is 13.1. The van der Waals surface area contributed by atoms with Gasteiger partial charge in [-0.1, -0.05) is 24.3 Å². The molecule has 6 heteroatoms. The van der Waals surface area contributed by atoms with E-state index in [0.29, 0.717) is 19.3 Å². The second-order valence-electron chi connectivity index (χ2n) is 6.65. The molecule has 0 radical (unpaired) electrons. The van der Waals surface area contributed by atoms with Crippen molar-refractivity contribution in [3.8, 4) is 11.3 Å². The largest absolute Gasteiger partial charge is 0.299 e. The minimum Gasteiger partial charge on any atom is -0.299 e. The topological polar surface area (TPSA) is 63.6 Å². The molecule has 0 bridgehead atoms. The molecule has 27 heavy (non-hydrogen) atoms. The normalized spacial score (nSPS) is 11.2. The van der Waals surface area contributed by atoms with E-state index in [4.69, 9.17) is 0 Å². The predicted molar refractivity (Wildman–Crippen MR) is 102 cm³/mol. The Kier molecular flexibility index (Phi) is 4.54. The van der Waals surface area contributed by atoms with Gasteiger partial charge in [-0.25, -0.2) is 4.39 Å². The van der Waals surface area contributed by atoms with E-state index in [0.717, 1.165) is 33.3 Å². The Morgan fingerprint density at radius 1 is 1.15 bits per heavy atom. The number of carbonyl (C=O) groups is 1. The lowest BCUT2D eigenvalue weighted by molar-refractivity contribution is -0.118. The first-order valence-electron chi connectivity index (χ1n) is 8.81. The third-order valence-electron chi connectivity index (χ3n) is 4.69. The average Bonchev–Trinajstić information content (AvgIpc) is 3.29. The quantitative estimate of drug-likeness (QED) is 0.567. The van der Waals surface area contributed by atoms with Gasteiger partial charge in [-0.05, 0) is 35.7 Å². The van der Waals surface area contributed by atoms with Crippen LogP contribution in [-0.2, 0) is 24.7 Å². The van der Waals surface area contributed by atoms with E-state index in [1.807, 2.05) is 37.5 Å². The number of nitrogens with zero attached hydrogens (tertiary/aromatic N) is 3. The highest BCUT2D eigenvalue weighted by molar-refractivity contribution is 5.93. The third kappa shape index (κ3) is 3.65. The van der Waals surface area contributed by atoms with Crippen molar-refractivity contribution < 1.29 is 9.18 Å². The van der Waals surface area contributed by atoms with Crippen molar-refractivity contribution in [2.75, 3.05) is 0 Å². The zero-order chi connectivity index (χ0) is 18.8. The van der Waals surface area contributed by atoms with Gasteiger partial charge < -0.3 is 0 Å². The van der Waals surface area contributed by atoms with Gasteiger partial charge >= 0.3 is 0 Å². The minimum absolute atomic E-state index is 0.189. The fraction of sp³-hybridized carbons (Fsp3) is 0.190. The van der Waals surface area contributed by atoms with E-state index in [9.17, 15) is 9.18 Å². The van der Waals surface area contributed by atoms with E-state index >= 15 is 0 Å². The summed E-state index contributed by atoms with van der Waals surface area (Å²) in [4.78, 5) is 12.2. The van der Waals surface area contributed by atoms with Crippen LogP contribution in [0.1, 0.15) is 17.5 Å². The summed E-state index contributed by atoms with van der Waals surface area (Å²) in [5.41, 5.74) is 4.52. The van der Waals surface area contributed by atoms with Crippen LogP contribution in [-0.4, -0.2) is 25.8 Å². The molecule has 0 atom stereocenters. The van der Waals surface area contributed by atoms with Gasteiger partial charge in [0, 0.05) is 37.0 Å². The first-order valence-corrected chi connectivity index (χ1v) is 8.81. The molecule has 0 spiro atoms. The van der Waals surface area contributed by atoms with Crippen molar-refractivity contribution in [2.24, 2.45) is 7.05 Å². The van der Waals surface area contributed by atoms with Crippen molar-refractivity contribution in [3.63, 3.8) is 0 Å². The SMILES string of the molecule is Cn1nc(-c2ccc(CC(=O)CCc3cn[nH]c3)cc2)c2cc(F)ccc21. The Balaban J connectivity index is 1.49. The smallest absolute Gasteiger partial charge is 0.137 e. The molecule has 4 aromatic rings. The molecule has 0 saturated carbocycles. The average molecular weight is 362 g/mol. The third-order valence-corrected chi connectivity index (χ3v) is 4.69. The van der Waals surface area contributed by atoms with E-state index in [1.54, 1.807) is 16.9 Å². The van der Waals surface area contributed by atoms with E-state index in [-0.39, 0.29) is 11.6 Å². The van der Waals surface area contributed by atoms with Crippen molar-refractivity contribution in [1.82, 2.24) is 20.0 Å². The van der Waals surface area contributed by atoms with Crippen LogP contribution in [0, 0.1) is 5.82 Å². The second-order valence-corrected chi connectivity index (χ2v) is 6.65. The number of aryl methyl sites for hydroxylation is 2. The predicted octanol–water partition coefficient (Wildman–Crippen LogP) is 3.85. The number of halogens is 1.